The lowest BCUT2D eigenvalue weighted by atomic mass is 10.1. The zero-order valence-electron chi connectivity index (χ0n) is 8.28. The molecule has 0 amide bonds. The van der Waals surface area contributed by atoms with Gasteiger partial charge in [0.2, 0.25) is 0 Å². The summed E-state index contributed by atoms with van der Waals surface area (Å²) in [7, 11) is 6.09. The third kappa shape index (κ3) is 2.17. The summed E-state index contributed by atoms with van der Waals surface area (Å²) in [6, 6.07) is 0. The van der Waals surface area contributed by atoms with Gasteiger partial charge in [-0.1, -0.05) is 0 Å². The molecule has 1 aliphatic heterocycles. The minimum atomic E-state index is 0.270. The molecule has 1 atom stereocenters. The lowest BCUT2D eigenvalue weighted by Crippen LogP contribution is -2.28. The van der Waals surface area contributed by atoms with Crippen LogP contribution in [0.1, 0.15) is 12.8 Å². The first-order valence-electron chi connectivity index (χ1n) is 4.56. The largest absolute Gasteiger partial charge is 0.320 e. The third-order valence-electron chi connectivity index (χ3n) is 2.55. The van der Waals surface area contributed by atoms with Crippen LogP contribution < -0.4 is 16.1 Å². The average Bonchev–Trinajstić information content (AvgIpc) is 2.71. The van der Waals surface area contributed by atoms with Gasteiger partial charge in [-0.2, -0.15) is 0 Å². The Morgan fingerprint density at radius 2 is 1.58 bits per heavy atom. The van der Waals surface area contributed by atoms with Gasteiger partial charge in [0.05, 0.1) is 5.66 Å². The van der Waals surface area contributed by atoms with Crippen LogP contribution in [0, 0.1) is 0 Å². The van der Waals surface area contributed by atoms with Gasteiger partial charge in [-0.3, -0.25) is 0 Å². The molecule has 4 nitrogen and oxygen atoms in total. The number of hydrogen-bond acceptors (Lipinski definition) is 4. The molecular weight excluding hydrogens is 152 g/mol. The summed E-state index contributed by atoms with van der Waals surface area (Å²) in [6.07, 6.45) is 2.34. The molecule has 12 heavy (non-hydrogen) atoms. The molecule has 0 bridgehead atoms. The normalized spacial score (nSPS) is 25.8. The fourth-order valence-electron chi connectivity index (χ4n) is 1.52. The van der Waals surface area contributed by atoms with Crippen LogP contribution in [-0.2, 0) is 0 Å². The van der Waals surface area contributed by atoms with Crippen molar-refractivity contribution in [3.05, 3.63) is 0 Å². The van der Waals surface area contributed by atoms with Crippen molar-refractivity contribution in [1.82, 2.24) is 21.1 Å². The van der Waals surface area contributed by atoms with Gasteiger partial charge in [-0.05, 0) is 40.0 Å². The van der Waals surface area contributed by atoms with Gasteiger partial charge < -0.3 is 10.6 Å². The Bertz CT molecular complexity index is 129. The van der Waals surface area contributed by atoms with Crippen molar-refractivity contribution in [3.8, 4) is 0 Å². The minimum Gasteiger partial charge on any atom is -0.320 e. The van der Waals surface area contributed by atoms with Crippen LogP contribution >= 0.6 is 0 Å². The predicted octanol–water partition coefficient (Wildman–Crippen LogP) is -0.648. The maximum absolute atomic E-state index is 3.37. The highest BCUT2D eigenvalue weighted by atomic mass is 15.8. The van der Waals surface area contributed by atoms with Gasteiger partial charge in [0, 0.05) is 7.05 Å². The maximum atomic E-state index is 3.37. The molecule has 3 N–H and O–H groups in total. The van der Waals surface area contributed by atoms with E-state index in [0.717, 1.165) is 13.1 Å². The Balaban J connectivity index is 2.22. The molecule has 4 heteroatoms. The molecule has 1 saturated heterocycles. The number of nitrogens with one attached hydrogen (secondary N) is 3. The van der Waals surface area contributed by atoms with Gasteiger partial charge >= 0.3 is 0 Å². The molecule has 0 aromatic carbocycles. The van der Waals surface area contributed by atoms with E-state index in [1.165, 1.54) is 12.8 Å². The number of nitrogens with zero attached hydrogens (tertiary/aromatic N) is 1. The van der Waals surface area contributed by atoms with Crippen LogP contribution in [0.4, 0.5) is 0 Å². The second-order valence-electron chi connectivity index (χ2n) is 3.41. The topological polar surface area (TPSA) is 49.0 Å². The van der Waals surface area contributed by atoms with E-state index in [0.29, 0.717) is 0 Å². The minimum absolute atomic E-state index is 0.270. The van der Waals surface area contributed by atoms with Crippen molar-refractivity contribution in [2.75, 3.05) is 34.2 Å². The van der Waals surface area contributed by atoms with Crippen LogP contribution in [0.15, 0.2) is 0 Å². The van der Waals surface area contributed by atoms with Crippen LogP contribution in [0.5, 0.6) is 0 Å². The van der Waals surface area contributed by atoms with Crippen molar-refractivity contribution in [1.29, 1.82) is 0 Å². The highest BCUT2D eigenvalue weighted by Gasteiger charge is 2.47. The van der Waals surface area contributed by atoms with Gasteiger partial charge in [0.15, 0.2) is 0 Å². The van der Waals surface area contributed by atoms with Crippen LogP contribution in [0.2, 0.25) is 0 Å². The smallest absolute Gasteiger partial charge is 0.0995 e. The Labute approximate surface area is 74.7 Å². The molecule has 1 heterocycles. The summed E-state index contributed by atoms with van der Waals surface area (Å²) in [5.74, 6) is 0. The lowest BCUT2D eigenvalue weighted by Gasteiger charge is -2.12. The molecule has 1 aliphatic rings. The summed E-state index contributed by atoms with van der Waals surface area (Å²) < 4.78 is 0. The molecule has 0 aliphatic carbocycles. The highest BCUT2D eigenvalue weighted by Crippen LogP contribution is 2.29. The fraction of sp³-hybridized carbons (Fsp3) is 1.00. The number of hydrazine groups is 1. The molecule has 1 fully saturated rings. The molecule has 72 valence electrons. The highest BCUT2D eigenvalue weighted by molar-refractivity contribution is 4.96. The van der Waals surface area contributed by atoms with E-state index in [9.17, 15) is 0 Å². The summed E-state index contributed by atoms with van der Waals surface area (Å²) in [5, 5.41) is 8.54. The van der Waals surface area contributed by atoms with Gasteiger partial charge in [-0.25, -0.2) is 10.4 Å². The maximum Gasteiger partial charge on any atom is 0.0995 e. The van der Waals surface area contributed by atoms with Gasteiger partial charge in [-0.15, -0.1) is 0 Å². The second-order valence-corrected chi connectivity index (χ2v) is 3.41. The standard InChI is InChI=1S/C8H20N4/c1-9-6-4-8(5-7-10-2)11-12(8)3/h9-11H,4-7H2,1-3H3. The Kier molecular flexibility index (Phi) is 3.46. The third-order valence-corrected chi connectivity index (χ3v) is 2.55. The number of rotatable bonds is 6. The van der Waals surface area contributed by atoms with Crippen molar-refractivity contribution >= 4 is 0 Å². The fourth-order valence-corrected chi connectivity index (χ4v) is 1.52. The average molecular weight is 172 g/mol. The zero-order valence-corrected chi connectivity index (χ0v) is 8.28. The predicted molar refractivity (Wildman–Crippen MR) is 50.7 cm³/mol. The van der Waals surface area contributed by atoms with Crippen molar-refractivity contribution in [3.63, 3.8) is 0 Å². The van der Waals surface area contributed by atoms with E-state index in [2.05, 4.69) is 28.1 Å². The molecular formula is C8H20N4. The molecule has 0 aromatic rings. The van der Waals surface area contributed by atoms with E-state index in [1.54, 1.807) is 0 Å². The second kappa shape index (κ2) is 4.18. The van der Waals surface area contributed by atoms with E-state index in [4.69, 9.17) is 0 Å². The summed E-state index contributed by atoms with van der Waals surface area (Å²) in [5.41, 5.74) is 3.64. The molecule has 1 unspecified atom stereocenters. The summed E-state index contributed by atoms with van der Waals surface area (Å²) >= 11 is 0. The van der Waals surface area contributed by atoms with E-state index in [1.807, 2.05) is 14.1 Å². The molecule has 0 saturated carbocycles. The quantitative estimate of drug-likeness (QED) is 0.466. The Morgan fingerprint density at radius 3 is 1.83 bits per heavy atom. The summed E-state index contributed by atoms with van der Waals surface area (Å²) in [4.78, 5) is 0. The first-order valence-corrected chi connectivity index (χ1v) is 4.56. The van der Waals surface area contributed by atoms with Crippen LogP contribution in [-0.4, -0.2) is 44.9 Å². The van der Waals surface area contributed by atoms with Crippen molar-refractivity contribution in [2.24, 2.45) is 0 Å². The number of hydrogen-bond donors (Lipinski definition) is 3. The van der Waals surface area contributed by atoms with Crippen molar-refractivity contribution < 1.29 is 0 Å². The lowest BCUT2D eigenvalue weighted by molar-refractivity contribution is 0.400. The first kappa shape index (κ1) is 9.92. The van der Waals surface area contributed by atoms with E-state index in [-0.39, 0.29) is 5.66 Å². The molecule has 0 aromatic heterocycles. The van der Waals surface area contributed by atoms with Crippen LogP contribution in [0.25, 0.3) is 0 Å². The molecule has 0 radical (unpaired) electrons. The van der Waals surface area contributed by atoms with Gasteiger partial charge in [0.25, 0.3) is 0 Å². The molecule has 0 spiro atoms. The summed E-state index contributed by atoms with van der Waals surface area (Å²) in [6.45, 7) is 2.14. The van der Waals surface area contributed by atoms with Crippen LogP contribution in [0.3, 0.4) is 0 Å². The van der Waals surface area contributed by atoms with E-state index >= 15 is 0 Å². The Hall–Kier alpha value is -0.160. The molecule has 1 rings (SSSR count). The van der Waals surface area contributed by atoms with Gasteiger partial charge in [0.1, 0.15) is 0 Å². The SMILES string of the molecule is CNCCC1(CCNC)NN1C. The Morgan fingerprint density at radius 1 is 1.17 bits per heavy atom. The monoisotopic (exact) mass is 172 g/mol. The first-order chi connectivity index (χ1) is 5.75. The zero-order chi connectivity index (χ0) is 9.03. The van der Waals surface area contributed by atoms with Crippen molar-refractivity contribution in [2.45, 2.75) is 18.5 Å². The van der Waals surface area contributed by atoms with E-state index < -0.39 is 0 Å².